The normalized spacial score (nSPS) is 11.9. The molecule has 0 amide bonds. The fourth-order valence-electron chi connectivity index (χ4n) is 1.26. The highest BCUT2D eigenvalue weighted by Gasteiger charge is 2.08. The van der Waals surface area contributed by atoms with E-state index in [4.69, 9.17) is 4.74 Å². The standard InChI is InChI=1S/C11H25NO3S/c1-3-5-10-16(13,14)11-8-12-7-6-9-15-4-2/h12H,3-11H2,1-2H3. The topological polar surface area (TPSA) is 55.4 Å². The molecule has 0 aliphatic rings. The second-order valence-electron chi connectivity index (χ2n) is 3.81. The minimum Gasteiger partial charge on any atom is -0.382 e. The van der Waals surface area contributed by atoms with E-state index in [0.29, 0.717) is 12.3 Å². The molecular formula is C11H25NO3S. The third-order valence-corrected chi connectivity index (χ3v) is 3.98. The van der Waals surface area contributed by atoms with Crippen LogP contribution in [0.3, 0.4) is 0 Å². The van der Waals surface area contributed by atoms with Gasteiger partial charge in [-0.1, -0.05) is 13.3 Å². The molecule has 0 saturated carbocycles. The first-order chi connectivity index (χ1) is 7.62. The Morgan fingerprint density at radius 3 is 2.44 bits per heavy atom. The molecule has 0 fully saturated rings. The van der Waals surface area contributed by atoms with Gasteiger partial charge in [0.05, 0.1) is 11.5 Å². The largest absolute Gasteiger partial charge is 0.382 e. The van der Waals surface area contributed by atoms with Crippen molar-refractivity contribution in [2.75, 3.05) is 37.8 Å². The zero-order valence-corrected chi connectivity index (χ0v) is 11.3. The van der Waals surface area contributed by atoms with Crippen LogP contribution < -0.4 is 5.32 Å². The number of rotatable bonds is 11. The second-order valence-corrected chi connectivity index (χ2v) is 6.11. The Kier molecular flexibility index (Phi) is 9.97. The van der Waals surface area contributed by atoms with E-state index in [-0.39, 0.29) is 5.75 Å². The first-order valence-electron chi connectivity index (χ1n) is 6.11. The summed E-state index contributed by atoms with van der Waals surface area (Å²) in [7, 11) is -2.83. The first kappa shape index (κ1) is 15.9. The molecule has 0 rings (SSSR count). The van der Waals surface area contributed by atoms with Gasteiger partial charge < -0.3 is 10.1 Å². The van der Waals surface area contributed by atoms with Gasteiger partial charge in [0.2, 0.25) is 0 Å². The minimum atomic E-state index is -2.83. The van der Waals surface area contributed by atoms with Crippen molar-refractivity contribution < 1.29 is 13.2 Å². The van der Waals surface area contributed by atoms with E-state index in [1.165, 1.54) is 0 Å². The fourth-order valence-corrected chi connectivity index (χ4v) is 2.65. The average molecular weight is 251 g/mol. The van der Waals surface area contributed by atoms with Crippen molar-refractivity contribution in [1.82, 2.24) is 5.32 Å². The number of unbranched alkanes of at least 4 members (excludes halogenated alkanes) is 1. The van der Waals surface area contributed by atoms with E-state index in [1.54, 1.807) is 0 Å². The van der Waals surface area contributed by atoms with Crippen molar-refractivity contribution in [1.29, 1.82) is 0 Å². The highest BCUT2D eigenvalue weighted by molar-refractivity contribution is 7.91. The molecule has 0 aliphatic heterocycles. The van der Waals surface area contributed by atoms with Gasteiger partial charge in [-0.25, -0.2) is 8.42 Å². The Bertz CT molecular complexity index is 240. The van der Waals surface area contributed by atoms with E-state index < -0.39 is 9.84 Å². The van der Waals surface area contributed by atoms with Crippen molar-refractivity contribution in [3.63, 3.8) is 0 Å². The van der Waals surface area contributed by atoms with Gasteiger partial charge in [0, 0.05) is 19.8 Å². The molecule has 0 aliphatic carbocycles. The van der Waals surface area contributed by atoms with Gasteiger partial charge in [-0.05, 0) is 26.3 Å². The van der Waals surface area contributed by atoms with Crippen molar-refractivity contribution >= 4 is 9.84 Å². The van der Waals surface area contributed by atoms with E-state index in [0.717, 1.165) is 39.0 Å². The lowest BCUT2D eigenvalue weighted by Crippen LogP contribution is -2.25. The zero-order valence-electron chi connectivity index (χ0n) is 10.5. The van der Waals surface area contributed by atoms with E-state index in [1.807, 2.05) is 13.8 Å². The summed E-state index contributed by atoms with van der Waals surface area (Å²) in [6.07, 6.45) is 2.64. The van der Waals surface area contributed by atoms with Crippen LogP contribution >= 0.6 is 0 Å². The van der Waals surface area contributed by atoms with Gasteiger partial charge >= 0.3 is 0 Å². The summed E-state index contributed by atoms with van der Waals surface area (Å²) in [4.78, 5) is 0. The number of hydrogen-bond donors (Lipinski definition) is 1. The van der Waals surface area contributed by atoms with Gasteiger partial charge in [0.1, 0.15) is 0 Å². The second kappa shape index (κ2) is 10.1. The summed E-state index contributed by atoms with van der Waals surface area (Å²) in [5.74, 6) is 0.575. The van der Waals surface area contributed by atoms with Crippen LogP contribution in [0.5, 0.6) is 0 Å². The van der Waals surface area contributed by atoms with Gasteiger partial charge in [0.25, 0.3) is 0 Å². The summed E-state index contributed by atoms with van der Waals surface area (Å²) in [5, 5.41) is 3.12. The van der Waals surface area contributed by atoms with Crippen LogP contribution in [0.15, 0.2) is 0 Å². The molecular weight excluding hydrogens is 226 g/mol. The third-order valence-electron chi connectivity index (χ3n) is 2.25. The summed E-state index contributed by atoms with van der Waals surface area (Å²) in [6, 6.07) is 0. The van der Waals surface area contributed by atoms with Crippen LogP contribution in [0.1, 0.15) is 33.1 Å². The van der Waals surface area contributed by atoms with Gasteiger partial charge in [-0.3, -0.25) is 0 Å². The summed E-state index contributed by atoms with van der Waals surface area (Å²) >= 11 is 0. The molecule has 0 aromatic rings. The van der Waals surface area contributed by atoms with Crippen LogP contribution in [-0.2, 0) is 14.6 Å². The lowest BCUT2D eigenvalue weighted by Gasteiger charge is -2.05. The van der Waals surface area contributed by atoms with E-state index in [2.05, 4.69) is 5.32 Å². The molecule has 0 atom stereocenters. The maximum atomic E-state index is 11.5. The van der Waals surface area contributed by atoms with Crippen LogP contribution in [0.25, 0.3) is 0 Å². The van der Waals surface area contributed by atoms with Crippen LogP contribution in [0, 0.1) is 0 Å². The summed E-state index contributed by atoms with van der Waals surface area (Å²) in [5.41, 5.74) is 0. The molecule has 0 unspecified atom stereocenters. The van der Waals surface area contributed by atoms with E-state index >= 15 is 0 Å². The molecule has 0 aromatic heterocycles. The monoisotopic (exact) mass is 251 g/mol. The maximum absolute atomic E-state index is 11.5. The van der Waals surface area contributed by atoms with Crippen molar-refractivity contribution in [2.45, 2.75) is 33.1 Å². The van der Waals surface area contributed by atoms with Crippen molar-refractivity contribution in [3.05, 3.63) is 0 Å². The molecule has 0 radical (unpaired) electrons. The number of ether oxygens (including phenoxy) is 1. The smallest absolute Gasteiger partial charge is 0.151 e. The Labute approximate surface area is 99.7 Å². The highest BCUT2D eigenvalue weighted by atomic mass is 32.2. The van der Waals surface area contributed by atoms with Gasteiger partial charge in [0.15, 0.2) is 9.84 Å². The minimum absolute atomic E-state index is 0.252. The van der Waals surface area contributed by atoms with Crippen LogP contribution in [0.4, 0.5) is 0 Å². The Hall–Kier alpha value is -0.130. The Morgan fingerprint density at radius 1 is 1.06 bits per heavy atom. The molecule has 5 heteroatoms. The molecule has 1 N–H and O–H groups in total. The third kappa shape index (κ3) is 10.4. The van der Waals surface area contributed by atoms with Crippen LogP contribution in [-0.4, -0.2) is 46.2 Å². The van der Waals surface area contributed by atoms with Crippen LogP contribution in [0.2, 0.25) is 0 Å². The molecule has 0 spiro atoms. The van der Waals surface area contributed by atoms with Gasteiger partial charge in [-0.2, -0.15) is 0 Å². The van der Waals surface area contributed by atoms with Gasteiger partial charge in [-0.15, -0.1) is 0 Å². The number of nitrogens with one attached hydrogen (secondary N) is 1. The van der Waals surface area contributed by atoms with E-state index in [9.17, 15) is 8.42 Å². The number of hydrogen-bond acceptors (Lipinski definition) is 4. The van der Waals surface area contributed by atoms with Crippen molar-refractivity contribution in [2.24, 2.45) is 0 Å². The predicted molar refractivity (Wildman–Crippen MR) is 67.5 cm³/mol. The average Bonchev–Trinajstić information content (AvgIpc) is 2.25. The summed E-state index contributed by atoms with van der Waals surface area (Å²) in [6.45, 7) is 6.83. The molecule has 4 nitrogen and oxygen atoms in total. The lowest BCUT2D eigenvalue weighted by atomic mass is 10.4. The summed E-state index contributed by atoms with van der Waals surface area (Å²) < 4.78 is 28.1. The Balaban J connectivity index is 3.36. The number of sulfone groups is 1. The molecule has 0 heterocycles. The molecule has 0 aromatic carbocycles. The highest BCUT2D eigenvalue weighted by Crippen LogP contribution is 1.96. The van der Waals surface area contributed by atoms with Crippen molar-refractivity contribution in [3.8, 4) is 0 Å². The maximum Gasteiger partial charge on any atom is 0.151 e. The molecule has 0 bridgehead atoms. The predicted octanol–water partition coefficient (Wildman–Crippen LogP) is 1.22. The Morgan fingerprint density at radius 2 is 1.81 bits per heavy atom. The SMILES string of the molecule is CCCCS(=O)(=O)CCNCCCOCC. The molecule has 98 valence electrons. The molecule has 16 heavy (non-hydrogen) atoms. The fraction of sp³-hybridized carbons (Fsp3) is 1.00. The lowest BCUT2D eigenvalue weighted by molar-refractivity contribution is 0.145. The first-order valence-corrected chi connectivity index (χ1v) is 7.93. The quantitative estimate of drug-likeness (QED) is 0.561. The molecule has 0 saturated heterocycles. The zero-order chi connectivity index (χ0) is 12.3.